The Morgan fingerprint density at radius 1 is 1.23 bits per heavy atom. The molecule has 2 aromatic carbocycles. The molecule has 0 amide bonds. The van der Waals surface area contributed by atoms with E-state index >= 15 is 0 Å². The van der Waals surface area contributed by atoms with E-state index in [1.807, 2.05) is 26.0 Å². The van der Waals surface area contributed by atoms with E-state index in [-0.39, 0.29) is 28.8 Å². The number of nitro groups is 1. The fourth-order valence-corrected chi connectivity index (χ4v) is 2.18. The first-order valence-electron chi connectivity index (χ1n) is 6.55. The van der Waals surface area contributed by atoms with Crippen molar-refractivity contribution in [2.45, 2.75) is 13.8 Å². The van der Waals surface area contributed by atoms with E-state index in [4.69, 9.17) is 16.3 Å². The maximum atomic E-state index is 12.2. The number of nitro benzene ring substituents is 1. The van der Waals surface area contributed by atoms with E-state index in [9.17, 15) is 14.9 Å². The molecule has 22 heavy (non-hydrogen) atoms. The number of aryl methyl sites for hydroxylation is 2. The lowest BCUT2D eigenvalue weighted by molar-refractivity contribution is -0.385. The van der Waals surface area contributed by atoms with Crippen LogP contribution in [0.3, 0.4) is 0 Å². The van der Waals surface area contributed by atoms with Crippen LogP contribution in [-0.4, -0.2) is 17.3 Å². The predicted octanol–water partition coefficient (Wildman–Crippen LogP) is 4.13. The maximum Gasteiger partial charge on any atom is 0.312 e. The molecule has 0 unspecified atom stereocenters. The van der Waals surface area contributed by atoms with Gasteiger partial charge in [0.05, 0.1) is 4.92 Å². The molecule has 0 fully saturated rings. The van der Waals surface area contributed by atoms with E-state index in [1.165, 1.54) is 18.2 Å². The smallest absolute Gasteiger partial charge is 0.312 e. The Kier molecular flexibility index (Phi) is 4.78. The van der Waals surface area contributed by atoms with Gasteiger partial charge in [0.25, 0.3) is 0 Å². The second-order valence-electron chi connectivity index (χ2n) is 4.90. The van der Waals surface area contributed by atoms with E-state index < -0.39 is 4.92 Å². The highest BCUT2D eigenvalue weighted by atomic mass is 35.5. The topological polar surface area (TPSA) is 69.4 Å². The van der Waals surface area contributed by atoms with E-state index in [0.717, 1.165) is 11.1 Å². The molecule has 2 aromatic rings. The second kappa shape index (κ2) is 6.58. The number of carbonyl (C=O) groups excluding carboxylic acids is 1. The van der Waals surface area contributed by atoms with Gasteiger partial charge in [-0.05, 0) is 37.6 Å². The van der Waals surface area contributed by atoms with Crippen molar-refractivity contribution in [3.8, 4) is 5.75 Å². The van der Waals surface area contributed by atoms with Gasteiger partial charge in [-0.2, -0.15) is 0 Å². The van der Waals surface area contributed by atoms with E-state index in [2.05, 4.69) is 0 Å². The Hall–Kier alpha value is -2.40. The molecule has 0 aliphatic rings. The normalized spacial score (nSPS) is 10.3. The standard InChI is InChI=1S/C16H14ClNO4/c1-10-3-4-11(2)13(7-10)15(19)9-22-16-6-5-12(17)8-14(16)18(20)21/h3-8H,9H2,1-2H3. The quantitative estimate of drug-likeness (QED) is 0.472. The molecule has 0 atom stereocenters. The van der Waals surface area contributed by atoms with Gasteiger partial charge in [-0.1, -0.05) is 29.3 Å². The summed E-state index contributed by atoms with van der Waals surface area (Å²) in [6, 6.07) is 9.60. The molecule has 0 saturated heterocycles. The van der Waals surface area contributed by atoms with Crippen LogP contribution in [-0.2, 0) is 0 Å². The largest absolute Gasteiger partial charge is 0.478 e. The first-order valence-corrected chi connectivity index (χ1v) is 6.93. The van der Waals surface area contributed by atoms with Crippen LogP contribution < -0.4 is 4.74 Å². The molecule has 0 aromatic heterocycles. The molecule has 0 spiro atoms. The third-order valence-electron chi connectivity index (χ3n) is 3.17. The number of halogens is 1. The monoisotopic (exact) mass is 319 g/mol. The van der Waals surface area contributed by atoms with Crippen molar-refractivity contribution in [3.05, 3.63) is 68.2 Å². The highest BCUT2D eigenvalue weighted by Gasteiger charge is 2.18. The lowest BCUT2D eigenvalue weighted by Crippen LogP contribution is -2.13. The van der Waals surface area contributed by atoms with Gasteiger partial charge in [-0.3, -0.25) is 14.9 Å². The van der Waals surface area contributed by atoms with Crippen LogP contribution in [0.1, 0.15) is 21.5 Å². The van der Waals surface area contributed by atoms with Crippen LogP contribution in [0.5, 0.6) is 5.75 Å². The summed E-state index contributed by atoms with van der Waals surface area (Å²) in [5.41, 5.74) is 2.09. The van der Waals surface area contributed by atoms with Gasteiger partial charge in [-0.15, -0.1) is 0 Å². The number of ketones is 1. The zero-order valence-electron chi connectivity index (χ0n) is 12.1. The molecule has 0 bridgehead atoms. The number of nitrogens with zero attached hydrogens (tertiary/aromatic N) is 1. The molecule has 5 nitrogen and oxygen atoms in total. The van der Waals surface area contributed by atoms with Gasteiger partial charge in [0, 0.05) is 16.7 Å². The van der Waals surface area contributed by atoms with Gasteiger partial charge in [0.1, 0.15) is 0 Å². The average molecular weight is 320 g/mol. The number of hydrogen-bond acceptors (Lipinski definition) is 4. The van der Waals surface area contributed by atoms with Gasteiger partial charge in [-0.25, -0.2) is 0 Å². The van der Waals surface area contributed by atoms with Crippen molar-refractivity contribution in [2.24, 2.45) is 0 Å². The summed E-state index contributed by atoms with van der Waals surface area (Å²) in [4.78, 5) is 22.6. The number of carbonyl (C=O) groups is 1. The lowest BCUT2D eigenvalue weighted by atomic mass is 10.0. The van der Waals surface area contributed by atoms with Crippen molar-refractivity contribution < 1.29 is 14.5 Å². The van der Waals surface area contributed by atoms with E-state index in [0.29, 0.717) is 5.56 Å². The summed E-state index contributed by atoms with van der Waals surface area (Å²) in [7, 11) is 0. The third-order valence-corrected chi connectivity index (χ3v) is 3.41. The molecular formula is C16H14ClNO4. The van der Waals surface area contributed by atoms with Crippen LogP contribution in [0.25, 0.3) is 0 Å². The number of rotatable bonds is 5. The van der Waals surface area contributed by atoms with Crippen molar-refractivity contribution in [2.75, 3.05) is 6.61 Å². The fraction of sp³-hybridized carbons (Fsp3) is 0.188. The summed E-state index contributed by atoms with van der Waals surface area (Å²) in [5, 5.41) is 11.2. The molecule has 0 aliphatic heterocycles. The van der Waals surface area contributed by atoms with Gasteiger partial charge >= 0.3 is 5.69 Å². The molecular weight excluding hydrogens is 306 g/mol. The number of benzene rings is 2. The van der Waals surface area contributed by atoms with Crippen LogP contribution in [0.15, 0.2) is 36.4 Å². The number of hydrogen-bond donors (Lipinski definition) is 0. The molecule has 0 radical (unpaired) electrons. The third kappa shape index (κ3) is 3.62. The molecule has 6 heteroatoms. The van der Waals surface area contributed by atoms with Crippen molar-refractivity contribution in [1.29, 1.82) is 0 Å². The first kappa shape index (κ1) is 16.0. The lowest BCUT2D eigenvalue weighted by Gasteiger charge is -2.09. The van der Waals surface area contributed by atoms with Crippen molar-refractivity contribution >= 4 is 23.1 Å². The molecule has 0 N–H and O–H groups in total. The minimum atomic E-state index is -0.594. The zero-order chi connectivity index (χ0) is 16.3. The molecule has 2 rings (SSSR count). The zero-order valence-corrected chi connectivity index (χ0v) is 12.9. The highest BCUT2D eigenvalue weighted by Crippen LogP contribution is 2.30. The Morgan fingerprint density at radius 2 is 1.95 bits per heavy atom. The van der Waals surface area contributed by atoms with E-state index in [1.54, 1.807) is 6.07 Å². The molecule has 0 aliphatic carbocycles. The summed E-state index contributed by atoms with van der Waals surface area (Å²) < 4.78 is 5.31. The van der Waals surface area contributed by atoms with Gasteiger partial charge in [0.15, 0.2) is 18.1 Å². The van der Waals surface area contributed by atoms with Gasteiger partial charge < -0.3 is 4.74 Å². The summed E-state index contributed by atoms with van der Waals surface area (Å²) in [5.74, 6) is -0.210. The van der Waals surface area contributed by atoms with Crippen LogP contribution >= 0.6 is 11.6 Å². The van der Waals surface area contributed by atoms with Gasteiger partial charge in [0.2, 0.25) is 0 Å². The van der Waals surface area contributed by atoms with Crippen LogP contribution in [0.2, 0.25) is 5.02 Å². The maximum absolute atomic E-state index is 12.2. The highest BCUT2D eigenvalue weighted by molar-refractivity contribution is 6.30. The van der Waals surface area contributed by atoms with Crippen molar-refractivity contribution in [3.63, 3.8) is 0 Å². The Morgan fingerprint density at radius 3 is 2.64 bits per heavy atom. The minimum Gasteiger partial charge on any atom is -0.478 e. The Labute approximate surface area is 132 Å². The summed E-state index contributed by atoms with van der Waals surface area (Å²) in [6.45, 7) is 3.45. The molecule has 0 heterocycles. The molecule has 114 valence electrons. The number of ether oxygens (including phenoxy) is 1. The fourth-order valence-electron chi connectivity index (χ4n) is 2.01. The summed E-state index contributed by atoms with van der Waals surface area (Å²) >= 11 is 5.73. The second-order valence-corrected chi connectivity index (χ2v) is 5.34. The van der Waals surface area contributed by atoms with Crippen LogP contribution in [0.4, 0.5) is 5.69 Å². The summed E-state index contributed by atoms with van der Waals surface area (Å²) in [6.07, 6.45) is 0. The number of Topliss-reactive ketones (excluding diaryl/α,β-unsaturated/α-hetero) is 1. The SMILES string of the molecule is Cc1ccc(C)c(C(=O)COc2ccc(Cl)cc2[N+](=O)[O-])c1. The first-order chi connectivity index (χ1) is 10.4. The Bertz CT molecular complexity index is 743. The van der Waals surface area contributed by atoms with Crippen molar-refractivity contribution in [1.82, 2.24) is 0 Å². The Balaban J connectivity index is 2.18. The molecule has 0 saturated carbocycles. The average Bonchev–Trinajstić information content (AvgIpc) is 2.48. The predicted molar refractivity (Wildman–Crippen MR) is 83.8 cm³/mol. The van der Waals surface area contributed by atoms with Crippen LogP contribution in [0, 0.1) is 24.0 Å². The minimum absolute atomic E-state index is 0.0213.